The van der Waals surface area contributed by atoms with Gasteiger partial charge in [0.05, 0.1) is 6.54 Å². The second kappa shape index (κ2) is 10.8. The highest BCUT2D eigenvalue weighted by molar-refractivity contribution is 5.50. The molecule has 0 fully saturated rings. The average Bonchev–Trinajstić information content (AvgIpc) is 3.02. The lowest BCUT2D eigenvalue weighted by Gasteiger charge is -2.16. The van der Waals surface area contributed by atoms with Gasteiger partial charge in [-0.2, -0.15) is 0 Å². The number of aryl methyl sites for hydroxylation is 1. The standard InChI is InChI=1S/C22H35N2.BrH/c1-6-7-8-9-10-14-23-15-16-24(17-23)22-20(18(2)3)12-11-13-21(22)19(4)5;/h11-13,15-19H,6-10,14H2,1-5H3;1H/q+1;/p-1. The van der Waals surface area contributed by atoms with Crippen LogP contribution in [-0.4, -0.2) is 4.57 Å². The zero-order valence-corrected chi connectivity index (χ0v) is 18.2. The number of aromatic nitrogens is 2. The predicted molar refractivity (Wildman–Crippen MR) is 103 cm³/mol. The molecule has 1 aromatic carbocycles. The molecule has 0 spiro atoms. The average molecular weight is 407 g/mol. The minimum absolute atomic E-state index is 0. The number of benzene rings is 1. The summed E-state index contributed by atoms with van der Waals surface area (Å²) in [4.78, 5) is 0. The molecule has 0 saturated carbocycles. The zero-order chi connectivity index (χ0) is 17.5. The number of para-hydroxylation sites is 1. The summed E-state index contributed by atoms with van der Waals surface area (Å²) in [5.74, 6) is 1.06. The Bertz CT molecular complexity index is 602. The normalized spacial score (nSPS) is 11.2. The van der Waals surface area contributed by atoms with E-state index in [0.717, 1.165) is 6.54 Å². The van der Waals surface area contributed by atoms with Gasteiger partial charge in [-0.3, -0.25) is 0 Å². The molecule has 3 heteroatoms. The summed E-state index contributed by atoms with van der Waals surface area (Å²) in [5.41, 5.74) is 4.26. The molecular weight excluding hydrogens is 372 g/mol. The zero-order valence-electron chi connectivity index (χ0n) is 16.6. The fourth-order valence-corrected chi connectivity index (χ4v) is 3.37. The Labute approximate surface area is 165 Å². The van der Waals surface area contributed by atoms with Crippen LogP contribution in [0.3, 0.4) is 0 Å². The Morgan fingerprint density at radius 3 is 2.08 bits per heavy atom. The van der Waals surface area contributed by atoms with Crippen molar-refractivity contribution in [1.82, 2.24) is 4.57 Å². The number of rotatable bonds is 9. The number of hydrogen-bond donors (Lipinski definition) is 0. The van der Waals surface area contributed by atoms with Crippen LogP contribution in [0.25, 0.3) is 5.69 Å². The Kier molecular flexibility index (Phi) is 9.48. The van der Waals surface area contributed by atoms with Gasteiger partial charge in [0.15, 0.2) is 0 Å². The van der Waals surface area contributed by atoms with Gasteiger partial charge in [-0.1, -0.05) is 72.1 Å². The van der Waals surface area contributed by atoms with Gasteiger partial charge in [-0.05, 0) is 24.7 Å². The molecule has 0 amide bonds. The molecule has 0 radical (unpaired) electrons. The van der Waals surface area contributed by atoms with E-state index in [1.165, 1.54) is 48.9 Å². The van der Waals surface area contributed by atoms with Crippen molar-refractivity contribution in [2.45, 2.75) is 85.1 Å². The van der Waals surface area contributed by atoms with Crippen molar-refractivity contribution >= 4 is 0 Å². The summed E-state index contributed by atoms with van der Waals surface area (Å²) < 4.78 is 4.67. The summed E-state index contributed by atoms with van der Waals surface area (Å²) in [5, 5.41) is 0. The molecule has 0 saturated heterocycles. The first kappa shape index (κ1) is 22.0. The quantitative estimate of drug-likeness (QED) is 0.447. The predicted octanol–water partition coefficient (Wildman–Crippen LogP) is 2.99. The van der Waals surface area contributed by atoms with Gasteiger partial charge in [-0.15, -0.1) is 0 Å². The van der Waals surface area contributed by atoms with Crippen molar-refractivity contribution in [3.05, 3.63) is 48.0 Å². The van der Waals surface area contributed by atoms with Crippen LogP contribution in [0.1, 0.15) is 89.7 Å². The van der Waals surface area contributed by atoms with Crippen molar-refractivity contribution in [3.63, 3.8) is 0 Å². The lowest BCUT2D eigenvalue weighted by atomic mass is 9.92. The molecule has 25 heavy (non-hydrogen) atoms. The molecule has 1 aromatic heterocycles. The van der Waals surface area contributed by atoms with Gasteiger partial charge >= 0.3 is 0 Å². The molecule has 0 N–H and O–H groups in total. The summed E-state index contributed by atoms with van der Waals surface area (Å²) in [6.07, 6.45) is 13.4. The molecule has 0 aliphatic rings. The highest BCUT2D eigenvalue weighted by Gasteiger charge is 2.19. The fourth-order valence-electron chi connectivity index (χ4n) is 3.37. The van der Waals surface area contributed by atoms with Gasteiger partial charge in [0.1, 0.15) is 18.1 Å². The number of unbranched alkanes of at least 4 members (excludes halogenated alkanes) is 4. The van der Waals surface area contributed by atoms with Gasteiger partial charge in [0.2, 0.25) is 6.33 Å². The number of hydrogen-bond acceptors (Lipinski definition) is 0. The van der Waals surface area contributed by atoms with E-state index in [-0.39, 0.29) is 17.0 Å². The van der Waals surface area contributed by atoms with Crippen LogP contribution in [-0.2, 0) is 6.54 Å². The van der Waals surface area contributed by atoms with Crippen LogP contribution in [0.2, 0.25) is 0 Å². The first-order valence-corrected chi connectivity index (χ1v) is 9.74. The first-order chi connectivity index (χ1) is 11.5. The largest absolute Gasteiger partial charge is 1.00 e. The summed E-state index contributed by atoms with van der Waals surface area (Å²) in [6.45, 7) is 12.5. The second-order valence-corrected chi connectivity index (χ2v) is 7.57. The van der Waals surface area contributed by atoms with Crippen molar-refractivity contribution in [3.8, 4) is 5.69 Å². The highest BCUT2D eigenvalue weighted by Crippen LogP contribution is 2.30. The topological polar surface area (TPSA) is 8.81 Å². The Hall–Kier alpha value is -1.09. The third-order valence-corrected chi connectivity index (χ3v) is 4.81. The van der Waals surface area contributed by atoms with E-state index in [1.807, 2.05) is 0 Å². The number of halogens is 1. The Balaban J connectivity index is 0.00000312. The van der Waals surface area contributed by atoms with Gasteiger partial charge in [0.25, 0.3) is 0 Å². The van der Waals surface area contributed by atoms with E-state index >= 15 is 0 Å². The summed E-state index contributed by atoms with van der Waals surface area (Å²) in [6, 6.07) is 6.77. The lowest BCUT2D eigenvalue weighted by Crippen LogP contribution is -3.00. The molecule has 2 rings (SSSR count). The van der Waals surface area contributed by atoms with Crippen LogP contribution in [0.15, 0.2) is 36.9 Å². The maximum atomic E-state index is 2.34. The van der Waals surface area contributed by atoms with Gasteiger partial charge in [0, 0.05) is 11.1 Å². The second-order valence-electron chi connectivity index (χ2n) is 7.57. The molecule has 2 aromatic rings. The van der Waals surface area contributed by atoms with E-state index in [9.17, 15) is 0 Å². The minimum atomic E-state index is 0. The number of nitrogens with zero attached hydrogens (tertiary/aromatic N) is 2. The fraction of sp³-hybridized carbons (Fsp3) is 0.591. The van der Waals surface area contributed by atoms with E-state index in [1.54, 1.807) is 0 Å². The van der Waals surface area contributed by atoms with Gasteiger partial charge < -0.3 is 17.0 Å². The smallest absolute Gasteiger partial charge is 0.248 e. The van der Waals surface area contributed by atoms with Crippen molar-refractivity contribution in [2.75, 3.05) is 0 Å². The third kappa shape index (κ3) is 5.99. The van der Waals surface area contributed by atoms with E-state index in [2.05, 4.69) is 80.7 Å². The van der Waals surface area contributed by atoms with Crippen LogP contribution in [0.5, 0.6) is 0 Å². The number of imidazole rings is 1. The molecule has 140 valence electrons. The van der Waals surface area contributed by atoms with Crippen LogP contribution < -0.4 is 21.5 Å². The van der Waals surface area contributed by atoms with Crippen molar-refractivity contribution < 1.29 is 21.5 Å². The molecule has 2 nitrogen and oxygen atoms in total. The maximum Gasteiger partial charge on any atom is 0.248 e. The molecule has 0 aliphatic carbocycles. The van der Waals surface area contributed by atoms with E-state index in [4.69, 9.17) is 0 Å². The SMILES string of the molecule is CCCCCCC[n+]1ccn(-c2c(C(C)C)cccc2C(C)C)c1.[Br-]. The molecule has 0 bridgehead atoms. The summed E-state index contributed by atoms with van der Waals surface area (Å²) >= 11 is 0. The van der Waals surface area contributed by atoms with Crippen LogP contribution in [0, 0.1) is 0 Å². The molecule has 0 unspecified atom stereocenters. The molecular formula is C22H35BrN2. The first-order valence-electron chi connectivity index (χ1n) is 9.74. The van der Waals surface area contributed by atoms with E-state index < -0.39 is 0 Å². The van der Waals surface area contributed by atoms with Crippen molar-refractivity contribution in [2.24, 2.45) is 0 Å². The highest BCUT2D eigenvalue weighted by atomic mass is 79.9. The minimum Gasteiger partial charge on any atom is -1.00 e. The molecule has 0 aliphatic heterocycles. The van der Waals surface area contributed by atoms with Crippen LogP contribution >= 0.6 is 0 Å². The molecule has 1 heterocycles. The van der Waals surface area contributed by atoms with E-state index in [0.29, 0.717) is 11.8 Å². The van der Waals surface area contributed by atoms with Crippen molar-refractivity contribution in [1.29, 1.82) is 0 Å². The lowest BCUT2D eigenvalue weighted by molar-refractivity contribution is -0.696. The Morgan fingerprint density at radius 2 is 1.52 bits per heavy atom. The summed E-state index contributed by atoms with van der Waals surface area (Å²) in [7, 11) is 0. The third-order valence-electron chi connectivity index (χ3n) is 4.81. The Morgan fingerprint density at radius 1 is 0.920 bits per heavy atom. The van der Waals surface area contributed by atoms with Gasteiger partial charge in [-0.25, -0.2) is 9.13 Å². The maximum absolute atomic E-state index is 2.34. The monoisotopic (exact) mass is 406 g/mol. The molecule has 0 atom stereocenters. The van der Waals surface area contributed by atoms with Crippen LogP contribution in [0.4, 0.5) is 0 Å².